The van der Waals surface area contributed by atoms with Crippen molar-refractivity contribution in [3.05, 3.63) is 59.1 Å². The van der Waals surface area contributed by atoms with Crippen molar-refractivity contribution in [3.8, 4) is 0 Å². The number of hydrogen-bond donors (Lipinski definition) is 2. The number of fused-ring (bicyclic) bond motifs is 1. The van der Waals surface area contributed by atoms with Crippen LogP contribution in [0.1, 0.15) is 16.7 Å². The van der Waals surface area contributed by atoms with Crippen molar-refractivity contribution in [1.29, 1.82) is 0 Å². The maximum Gasteiger partial charge on any atom is 0.238 e. The third kappa shape index (κ3) is 3.61. The summed E-state index contributed by atoms with van der Waals surface area (Å²) >= 11 is 0. The third-order valence-electron chi connectivity index (χ3n) is 4.18. The Balaban J connectivity index is 1.84. The first-order valence-electron chi connectivity index (χ1n) is 7.74. The van der Waals surface area contributed by atoms with E-state index < -0.39 is 26.6 Å². The zero-order valence-electron chi connectivity index (χ0n) is 14.2. The van der Waals surface area contributed by atoms with Crippen LogP contribution in [-0.2, 0) is 21.2 Å². The van der Waals surface area contributed by atoms with E-state index in [0.717, 1.165) is 40.3 Å². The van der Waals surface area contributed by atoms with Crippen molar-refractivity contribution in [2.24, 2.45) is 5.14 Å². The number of hydrogen-bond acceptors (Lipinski definition) is 4. The molecule has 136 valence electrons. The number of carbonyl (C=O) groups excluding carboxylic acids is 1. The molecule has 2 aromatic carbocycles. The van der Waals surface area contributed by atoms with Crippen molar-refractivity contribution in [2.45, 2.75) is 25.2 Å². The molecule has 0 fully saturated rings. The highest BCUT2D eigenvalue weighted by Gasteiger charge is 2.15. The van der Waals surface area contributed by atoms with Crippen molar-refractivity contribution >= 4 is 32.6 Å². The lowest BCUT2D eigenvalue weighted by atomic mass is 10.0. The summed E-state index contributed by atoms with van der Waals surface area (Å²) in [4.78, 5) is 11.9. The Kier molecular flexibility index (Phi) is 4.55. The highest BCUT2D eigenvalue weighted by Crippen LogP contribution is 2.27. The van der Waals surface area contributed by atoms with Gasteiger partial charge in [-0.05, 0) is 43.2 Å². The van der Waals surface area contributed by atoms with E-state index in [-0.39, 0.29) is 12.1 Å². The molecule has 1 heterocycles. The van der Waals surface area contributed by atoms with E-state index >= 15 is 0 Å². The SMILES string of the molecule is Cc1ccc2c(CC(=O)Nc3cc(F)cc(S(N)(=O)=O)c3)coc2c1C. The molecule has 1 aromatic heterocycles. The Morgan fingerprint density at radius 1 is 1.23 bits per heavy atom. The van der Waals surface area contributed by atoms with E-state index in [0.29, 0.717) is 5.56 Å². The van der Waals surface area contributed by atoms with E-state index in [1.54, 1.807) is 0 Å². The fourth-order valence-electron chi connectivity index (χ4n) is 2.70. The van der Waals surface area contributed by atoms with Gasteiger partial charge in [0.2, 0.25) is 15.9 Å². The van der Waals surface area contributed by atoms with Gasteiger partial charge in [-0.3, -0.25) is 4.79 Å². The molecule has 0 radical (unpaired) electrons. The fraction of sp³-hybridized carbons (Fsp3) is 0.167. The summed E-state index contributed by atoms with van der Waals surface area (Å²) in [6.45, 7) is 3.91. The van der Waals surface area contributed by atoms with Gasteiger partial charge in [0.05, 0.1) is 17.6 Å². The number of primary sulfonamides is 1. The summed E-state index contributed by atoms with van der Waals surface area (Å²) in [5.74, 6) is -1.25. The number of sulfonamides is 1. The third-order valence-corrected chi connectivity index (χ3v) is 5.07. The minimum Gasteiger partial charge on any atom is -0.464 e. The number of benzene rings is 2. The first-order chi connectivity index (χ1) is 12.1. The van der Waals surface area contributed by atoms with Crippen LogP contribution in [0.5, 0.6) is 0 Å². The van der Waals surface area contributed by atoms with Crippen LogP contribution in [0.4, 0.5) is 10.1 Å². The lowest BCUT2D eigenvalue weighted by Crippen LogP contribution is -2.16. The van der Waals surface area contributed by atoms with Gasteiger partial charge in [-0.25, -0.2) is 17.9 Å². The summed E-state index contributed by atoms with van der Waals surface area (Å²) in [6.07, 6.45) is 1.51. The predicted molar refractivity (Wildman–Crippen MR) is 95.8 cm³/mol. The van der Waals surface area contributed by atoms with Crippen molar-refractivity contribution in [2.75, 3.05) is 5.32 Å². The molecule has 3 rings (SSSR count). The second kappa shape index (κ2) is 6.54. The number of anilines is 1. The number of furan rings is 1. The van der Waals surface area contributed by atoms with Crippen LogP contribution < -0.4 is 10.5 Å². The van der Waals surface area contributed by atoms with E-state index in [4.69, 9.17) is 9.56 Å². The predicted octanol–water partition coefficient (Wildman–Crippen LogP) is 3.02. The topological polar surface area (TPSA) is 102 Å². The molecule has 0 bridgehead atoms. The number of nitrogens with one attached hydrogen (secondary N) is 1. The number of nitrogens with two attached hydrogens (primary N) is 1. The minimum atomic E-state index is -4.08. The summed E-state index contributed by atoms with van der Waals surface area (Å²) in [7, 11) is -4.08. The van der Waals surface area contributed by atoms with Gasteiger partial charge in [-0.2, -0.15) is 0 Å². The number of carbonyl (C=O) groups is 1. The Bertz CT molecular complexity index is 1120. The number of aryl methyl sites for hydroxylation is 2. The maximum atomic E-state index is 13.6. The molecule has 0 aliphatic carbocycles. The second-order valence-corrected chi connectivity index (χ2v) is 7.65. The molecule has 0 saturated heterocycles. The molecule has 0 saturated carbocycles. The lowest BCUT2D eigenvalue weighted by molar-refractivity contribution is -0.115. The average molecular weight is 376 g/mol. The normalized spacial score (nSPS) is 11.7. The Morgan fingerprint density at radius 3 is 2.65 bits per heavy atom. The van der Waals surface area contributed by atoms with Gasteiger partial charge in [-0.15, -0.1) is 0 Å². The highest BCUT2D eigenvalue weighted by molar-refractivity contribution is 7.89. The summed E-state index contributed by atoms with van der Waals surface area (Å²) < 4.78 is 41.9. The van der Waals surface area contributed by atoms with Gasteiger partial charge < -0.3 is 9.73 Å². The van der Waals surface area contributed by atoms with Crippen molar-refractivity contribution < 1.29 is 22.0 Å². The zero-order chi connectivity index (χ0) is 19.1. The summed E-state index contributed by atoms with van der Waals surface area (Å²) in [5, 5.41) is 8.31. The van der Waals surface area contributed by atoms with E-state index in [2.05, 4.69) is 5.32 Å². The molecule has 1 amide bonds. The Hall–Kier alpha value is -2.71. The molecular weight excluding hydrogens is 359 g/mol. The molecule has 0 atom stereocenters. The standard InChI is InChI=1S/C18H17FN2O4S/c1-10-3-4-16-12(9-25-18(16)11(10)2)5-17(22)21-14-6-13(19)7-15(8-14)26(20,23)24/h3-4,6-9H,5H2,1-2H3,(H,21,22)(H2,20,23,24). The number of amides is 1. The summed E-state index contributed by atoms with van der Waals surface area (Å²) in [5.41, 5.74) is 3.49. The van der Waals surface area contributed by atoms with Crippen molar-refractivity contribution in [1.82, 2.24) is 0 Å². The molecule has 3 aromatic rings. The molecule has 8 heteroatoms. The number of rotatable bonds is 4. The average Bonchev–Trinajstić information content (AvgIpc) is 2.93. The first-order valence-corrected chi connectivity index (χ1v) is 9.29. The van der Waals surface area contributed by atoms with Crippen LogP contribution in [0.15, 0.2) is 45.9 Å². The molecule has 26 heavy (non-hydrogen) atoms. The van der Waals surface area contributed by atoms with E-state index in [9.17, 15) is 17.6 Å². The second-order valence-electron chi connectivity index (χ2n) is 6.09. The van der Waals surface area contributed by atoms with Gasteiger partial charge in [0.15, 0.2) is 0 Å². The lowest BCUT2D eigenvalue weighted by Gasteiger charge is -2.07. The molecular formula is C18H17FN2O4S. The van der Waals surface area contributed by atoms with Crippen LogP contribution in [0.25, 0.3) is 11.0 Å². The van der Waals surface area contributed by atoms with Gasteiger partial charge >= 0.3 is 0 Å². The van der Waals surface area contributed by atoms with E-state index in [1.165, 1.54) is 6.26 Å². The van der Waals surface area contributed by atoms with E-state index in [1.807, 2.05) is 26.0 Å². The Labute approximate surface area is 149 Å². The molecule has 3 N–H and O–H groups in total. The highest BCUT2D eigenvalue weighted by atomic mass is 32.2. The zero-order valence-corrected chi connectivity index (χ0v) is 15.0. The largest absolute Gasteiger partial charge is 0.464 e. The van der Waals surface area contributed by atoms with Crippen LogP contribution in [-0.4, -0.2) is 14.3 Å². The monoisotopic (exact) mass is 376 g/mol. The van der Waals surface area contributed by atoms with Crippen molar-refractivity contribution in [3.63, 3.8) is 0 Å². The van der Waals surface area contributed by atoms with Gasteiger partial charge in [-0.1, -0.05) is 12.1 Å². The van der Waals surface area contributed by atoms with Crippen LogP contribution >= 0.6 is 0 Å². The molecule has 0 spiro atoms. The molecule has 0 aliphatic rings. The quantitative estimate of drug-likeness (QED) is 0.730. The molecule has 6 nitrogen and oxygen atoms in total. The van der Waals surface area contributed by atoms with Crippen LogP contribution in [0.2, 0.25) is 0 Å². The van der Waals surface area contributed by atoms with Crippen LogP contribution in [0.3, 0.4) is 0 Å². The molecule has 0 aliphatic heterocycles. The maximum absolute atomic E-state index is 13.6. The van der Waals surface area contributed by atoms with Gasteiger partial charge in [0.1, 0.15) is 11.4 Å². The molecule has 0 unspecified atom stereocenters. The van der Waals surface area contributed by atoms with Crippen LogP contribution in [0, 0.1) is 19.7 Å². The fourth-order valence-corrected chi connectivity index (χ4v) is 3.27. The summed E-state index contributed by atoms with van der Waals surface area (Å²) in [6, 6.07) is 6.75. The van der Waals surface area contributed by atoms with Gasteiger partial charge in [0.25, 0.3) is 0 Å². The smallest absolute Gasteiger partial charge is 0.238 e. The Morgan fingerprint density at radius 2 is 1.96 bits per heavy atom. The van der Waals surface area contributed by atoms with Gasteiger partial charge in [0, 0.05) is 16.6 Å². The first kappa shape index (κ1) is 18.1. The minimum absolute atomic E-state index is 0.00325. The number of halogens is 1.